The second kappa shape index (κ2) is 9.67. The Morgan fingerprint density at radius 3 is 2.58 bits per heavy atom. The normalized spacial score (nSPS) is 10.4. The molecule has 1 amide bonds. The van der Waals surface area contributed by atoms with Crippen LogP contribution in [0.4, 0.5) is 4.39 Å². The lowest BCUT2D eigenvalue weighted by atomic mass is 10.1. The topological polar surface area (TPSA) is 50.4 Å². The van der Waals surface area contributed by atoms with Crippen molar-refractivity contribution in [1.82, 2.24) is 10.6 Å². The van der Waals surface area contributed by atoms with Gasteiger partial charge in [0.05, 0.1) is 7.11 Å². The van der Waals surface area contributed by atoms with E-state index in [0.29, 0.717) is 19.5 Å². The van der Waals surface area contributed by atoms with Crippen molar-refractivity contribution in [2.75, 3.05) is 20.2 Å². The molecule has 0 heterocycles. The van der Waals surface area contributed by atoms with Crippen molar-refractivity contribution in [2.45, 2.75) is 19.4 Å². The van der Waals surface area contributed by atoms with Crippen LogP contribution in [0.5, 0.6) is 5.75 Å². The number of amides is 1. The molecule has 0 aliphatic heterocycles. The van der Waals surface area contributed by atoms with Crippen molar-refractivity contribution < 1.29 is 13.9 Å². The lowest BCUT2D eigenvalue weighted by molar-refractivity contribution is -0.121. The summed E-state index contributed by atoms with van der Waals surface area (Å²) in [7, 11) is 1.66. The SMILES string of the molecule is COc1ccccc1CCNCCC(=O)NCc1ccc(F)cc1. The number of methoxy groups -OCH3 is 1. The fourth-order valence-electron chi connectivity index (χ4n) is 2.35. The molecular formula is C19H23FN2O2. The third-order valence-electron chi connectivity index (χ3n) is 3.70. The molecule has 0 saturated carbocycles. The van der Waals surface area contributed by atoms with Gasteiger partial charge in [0.1, 0.15) is 11.6 Å². The number of hydrogen-bond acceptors (Lipinski definition) is 3. The van der Waals surface area contributed by atoms with Gasteiger partial charge in [0.15, 0.2) is 0 Å². The van der Waals surface area contributed by atoms with Crippen LogP contribution in [-0.2, 0) is 17.8 Å². The third-order valence-corrected chi connectivity index (χ3v) is 3.70. The van der Waals surface area contributed by atoms with Gasteiger partial charge in [-0.15, -0.1) is 0 Å². The molecule has 0 aliphatic rings. The molecule has 0 atom stereocenters. The van der Waals surface area contributed by atoms with Gasteiger partial charge in [0, 0.05) is 19.5 Å². The average Bonchev–Trinajstić information content (AvgIpc) is 2.61. The Balaban J connectivity index is 1.60. The van der Waals surface area contributed by atoms with Gasteiger partial charge < -0.3 is 15.4 Å². The maximum atomic E-state index is 12.8. The van der Waals surface area contributed by atoms with Gasteiger partial charge in [0.2, 0.25) is 5.91 Å². The predicted molar refractivity (Wildman–Crippen MR) is 92.4 cm³/mol. The molecular weight excluding hydrogens is 307 g/mol. The van der Waals surface area contributed by atoms with Crippen LogP contribution in [-0.4, -0.2) is 26.1 Å². The summed E-state index contributed by atoms with van der Waals surface area (Å²) in [5.41, 5.74) is 2.03. The quantitative estimate of drug-likeness (QED) is 0.695. The highest BCUT2D eigenvalue weighted by atomic mass is 19.1. The maximum absolute atomic E-state index is 12.8. The van der Waals surface area contributed by atoms with E-state index in [1.807, 2.05) is 24.3 Å². The van der Waals surface area contributed by atoms with Gasteiger partial charge in [-0.25, -0.2) is 4.39 Å². The Bertz CT molecular complexity index is 644. The molecule has 2 rings (SSSR count). The van der Waals surface area contributed by atoms with Gasteiger partial charge in [-0.1, -0.05) is 30.3 Å². The number of benzene rings is 2. The van der Waals surface area contributed by atoms with Gasteiger partial charge in [-0.05, 0) is 42.3 Å². The van der Waals surface area contributed by atoms with E-state index >= 15 is 0 Å². The molecule has 0 radical (unpaired) electrons. The Labute approximate surface area is 142 Å². The molecule has 0 aromatic heterocycles. The third kappa shape index (κ3) is 6.01. The minimum Gasteiger partial charge on any atom is -0.496 e. The summed E-state index contributed by atoms with van der Waals surface area (Å²) in [6.45, 7) is 1.82. The van der Waals surface area contributed by atoms with Crippen molar-refractivity contribution in [2.24, 2.45) is 0 Å². The standard InChI is InChI=1S/C19H23FN2O2/c1-24-18-5-3-2-4-16(18)10-12-21-13-11-19(23)22-14-15-6-8-17(20)9-7-15/h2-9,21H,10-14H2,1H3,(H,22,23). The van der Waals surface area contributed by atoms with Crippen LogP contribution < -0.4 is 15.4 Å². The fourth-order valence-corrected chi connectivity index (χ4v) is 2.35. The second-order valence-corrected chi connectivity index (χ2v) is 5.47. The molecule has 4 nitrogen and oxygen atoms in total. The number of ether oxygens (including phenoxy) is 1. The molecule has 2 aromatic carbocycles. The zero-order valence-corrected chi connectivity index (χ0v) is 13.8. The molecule has 128 valence electrons. The smallest absolute Gasteiger partial charge is 0.221 e. The Morgan fingerprint density at radius 1 is 1.08 bits per heavy atom. The predicted octanol–water partition coefficient (Wildman–Crippen LogP) is 2.67. The Kier molecular flexibility index (Phi) is 7.23. The van der Waals surface area contributed by atoms with E-state index < -0.39 is 0 Å². The minimum absolute atomic E-state index is 0.0240. The van der Waals surface area contributed by atoms with Gasteiger partial charge >= 0.3 is 0 Å². The summed E-state index contributed by atoms with van der Waals surface area (Å²) in [6.07, 6.45) is 1.26. The Morgan fingerprint density at radius 2 is 1.83 bits per heavy atom. The van der Waals surface area contributed by atoms with Crippen molar-refractivity contribution >= 4 is 5.91 Å². The van der Waals surface area contributed by atoms with Crippen molar-refractivity contribution in [3.05, 3.63) is 65.5 Å². The van der Waals surface area contributed by atoms with Crippen LogP contribution in [0.3, 0.4) is 0 Å². The molecule has 0 spiro atoms. The Hall–Kier alpha value is -2.40. The number of carbonyl (C=O) groups is 1. The molecule has 0 unspecified atom stereocenters. The summed E-state index contributed by atoms with van der Waals surface area (Å²) in [6, 6.07) is 14.0. The first-order valence-corrected chi connectivity index (χ1v) is 8.03. The summed E-state index contributed by atoms with van der Waals surface area (Å²) in [5, 5.41) is 6.08. The summed E-state index contributed by atoms with van der Waals surface area (Å²) in [4.78, 5) is 11.8. The van der Waals surface area contributed by atoms with Crippen molar-refractivity contribution in [3.63, 3.8) is 0 Å². The molecule has 0 aliphatic carbocycles. The van der Waals surface area contributed by atoms with Crippen molar-refractivity contribution in [1.29, 1.82) is 0 Å². The molecule has 2 N–H and O–H groups in total. The minimum atomic E-state index is -0.274. The first-order valence-electron chi connectivity index (χ1n) is 8.03. The van der Waals surface area contributed by atoms with E-state index in [1.165, 1.54) is 12.1 Å². The van der Waals surface area contributed by atoms with Crippen LogP contribution in [0.2, 0.25) is 0 Å². The van der Waals surface area contributed by atoms with E-state index in [9.17, 15) is 9.18 Å². The number of para-hydroxylation sites is 1. The maximum Gasteiger partial charge on any atom is 0.221 e. The molecule has 24 heavy (non-hydrogen) atoms. The number of nitrogens with one attached hydrogen (secondary N) is 2. The highest BCUT2D eigenvalue weighted by Crippen LogP contribution is 2.17. The number of halogens is 1. The highest BCUT2D eigenvalue weighted by molar-refractivity contribution is 5.76. The fraction of sp³-hybridized carbons (Fsp3) is 0.316. The first kappa shape index (κ1) is 17.9. The van der Waals surface area contributed by atoms with E-state index in [0.717, 1.165) is 29.8 Å². The number of hydrogen-bond donors (Lipinski definition) is 2. The van der Waals surface area contributed by atoms with Crippen LogP contribution in [0.1, 0.15) is 17.5 Å². The summed E-state index contributed by atoms with van der Waals surface area (Å²) < 4.78 is 18.1. The van der Waals surface area contributed by atoms with E-state index in [1.54, 1.807) is 19.2 Å². The van der Waals surface area contributed by atoms with Gasteiger partial charge in [-0.3, -0.25) is 4.79 Å². The molecule has 5 heteroatoms. The molecule has 2 aromatic rings. The van der Waals surface area contributed by atoms with E-state index in [-0.39, 0.29) is 11.7 Å². The first-order chi connectivity index (χ1) is 11.7. The monoisotopic (exact) mass is 330 g/mol. The van der Waals surface area contributed by atoms with Crippen LogP contribution in [0, 0.1) is 5.82 Å². The van der Waals surface area contributed by atoms with Crippen molar-refractivity contribution in [3.8, 4) is 5.75 Å². The van der Waals surface area contributed by atoms with Gasteiger partial charge in [-0.2, -0.15) is 0 Å². The van der Waals surface area contributed by atoms with Gasteiger partial charge in [0.25, 0.3) is 0 Å². The molecule has 0 saturated heterocycles. The van der Waals surface area contributed by atoms with E-state index in [2.05, 4.69) is 10.6 Å². The van der Waals surface area contributed by atoms with E-state index in [4.69, 9.17) is 4.74 Å². The lowest BCUT2D eigenvalue weighted by Gasteiger charge is -2.09. The average molecular weight is 330 g/mol. The second-order valence-electron chi connectivity index (χ2n) is 5.47. The number of carbonyl (C=O) groups excluding carboxylic acids is 1. The molecule has 0 fully saturated rings. The summed E-state index contributed by atoms with van der Waals surface area (Å²) in [5.74, 6) is 0.588. The molecule has 0 bridgehead atoms. The van der Waals surface area contributed by atoms with Crippen LogP contribution in [0.15, 0.2) is 48.5 Å². The van der Waals surface area contributed by atoms with Crippen LogP contribution in [0.25, 0.3) is 0 Å². The summed E-state index contributed by atoms with van der Waals surface area (Å²) >= 11 is 0. The lowest BCUT2D eigenvalue weighted by Crippen LogP contribution is -2.28. The largest absolute Gasteiger partial charge is 0.496 e. The zero-order valence-electron chi connectivity index (χ0n) is 13.8. The van der Waals surface area contributed by atoms with Crippen LogP contribution >= 0.6 is 0 Å². The number of rotatable bonds is 9. The zero-order chi connectivity index (χ0) is 17.2. The highest BCUT2D eigenvalue weighted by Gasteiger charge is 2.03.